The summed E-state index contributed by atoms with van der Waals surface area (Å²) < 4.78 is 80.5. The van der Waals surface area contributed by atoms with Crippen LogP contribution in [0.5, 0.6) is 0 Å². The summed E-state index contributed by atoms with van der Waals surface area (Å²) in [6.07, 6.45) is 1.11. The molecule has 0 saturated heterocycles. The van der Waals surface area contributed by atoms with Gasteiger partial charge in [0.05, 0.1) is 22.8 Å². The molecular formula is C26H20F4N8O4S. The number of nitrogens with one attached hydrogen (secondary N) is 2. The third-order valence-electron chi connectivity index (χ3n) is 6.52. The molecule has 4 N–H and O–H groups in total. The number of rotatable bonds is 8. The summed E-state index contributed by atoms with van der Waals surface area (Å²) in [6, 6.07) is 13.9. The van der Waals surface area contributed by atoms with E-state index in [2.05, 4.69) is 26.0 Å². The Labute approximate surface area is 240 Å². The number of oxime groups is 1. The molecule has 1 unspecified atom stereocenters. The summed E-state index contributed by atoms with van der Waals surface area (Å²) in [4.78, 5) is 18.2. The predicted molar refractivity (Wildman–Crippen MR) is 144 cm³/mol. The van der Waals surface area contributed by atoms with Crippen LogP contribution >= 0.6 is 0 Å². The van der Waals surface area contributed by atoms with Crippen LogP contribution in [-0.2, 0) is 26.0 Å². The zero-order chi connectivity index (χ0) is 31.0. The molecule has 1 aliphatic rings. The minimum absolute atomic E-state index is 0.123. The van der Waals surface area contributed by atoms with Crippen LogP contribution in [0.1, 0.15) is 17.5 Å². The van der Waals surface area contributed by atoms with Crippen molar-refractivity contribution >= 4 is 33.0 Å². The molecule has 4 aromatic rings. The molecule has 0 spiro atoms. The third kappa shape index (κ3) is 5.66. The molecule has 12 nitrogen and oxygen atoms in total. The van der Waals surface area contributed by atoms with Gasteiger partial charge in [-0.2, -0.15) is 13.2 Å². The minimum Gasteiger partial charge on any atom is -0.384 e. The number of hydrogen-bond donors (Lipinski definition) is 3. The molecule has 0 aliphatic carbocycles. The van der Waals surface area contributed by atoms with Crippen molar-refractivity contribution in [2.24, 2.45) is 10.9 Å². The summed E-state index contributed by atoms with van der Waals surface area (Å²) >= 11 is 0. The highest BCUT2D eigenvalue weighted by Gasteiger charge is 2.49. The van der Waals surface area contributed by atoms with Crippen LogP contribution < -0.4 is 11.1 Å². The third-order valence-corrected chi connectivity index (χ3v) is 8.07. The van der Waals surface area contributed by atoms with Gasteiger partial charge < -0.3 is 15.9 Å². The van der Waals surface area contributed by atoms with Crippen LogP contribution in [0, 0.1) is 11.2 Å². The molecule has 0 radical (unpaired) electrons. The largest absolute Gasteiger partial charge is 0.501 e. The summed E-state index contributed by atoms with van der Waals surface area (Å²) in [5.41, 5.74) is -1.42. The van der Waals surface area contributed by atoms with Crippen LogP contribution in [0.25, 0.3) is 11.1 Å². The number of sulfone groups is 1. The quantitative estimate of drug-likeness (QED) is 0.153. The average Bonchev–Trinajstić information content (AvgIpc) is 3.65. The maximum atomic E-state index is 15.3. The fourth-order valence-electron chi connectivity index (χ4n) is 4.38. The van der Waals surface area contributed by atoms with Crippen molar-refractivity contribution in [3.8, 4) is 11.1 Å². The standard InChI is InChI=1S/C26H20F4N8O4S/c27-19-11-15(18-6-1-2-7-22(18)43(40,41)26(28,29)30)8-9-20(19)34-24(39)25(13-38-14-33-36-37-38)12-21(35-42-25)16-4-3-5-17(10-16)23(31)32/h1-11,14H,12-13H2,(H3,31,32)(H,34,39). The number of anilines is 1. The first kappa shape index (κ1) is 29.3. The van der Waals surface area contributed by atoms with Gasteiger partial charge in [0.2, 0.25) is 5.60 Å². The Morgan fingerprint density at radius 3 is 2.53 bits per heavy atom. The normalized spacial score (nSPS) is 16.8. The van der Waals surface area contributed by atoms with E-state index in [1.165, 1.54) is 23.1 Å². The van der Waals surface area contributed by atoms with Crippen molar-refractivity contribution < 1.29 is 35.6 Å². The van der Waals surface area contributed by atoms with E-state index in [4.69, 9.17) is 16.0 Å². The number of amidine groups is 1. The lowest BCUT2D eigenvalue weighted by Gasteiger charge is -2.25. The van der Waals surface area contributed by atoms with Crippen molar-refractivity contribution in [1.82, 2.24) is 20.2 Å². The van der Waals surface area contributed by atoms with E-state index in [-0.39, 0.29) is 35.6 Å². The van der Waals surface area contributed by atoms with E-state index in [1.807, 2.05) is 0 Å². The number of nitrogens with zero attached hydrogens (tertiary/aromatic N) is 5. The maximum absolute atomic E-state index is 15.3. The molecule has 0 saturated carbocycles. The Morgan fingerprint density at radius 1 is 1.09 bits per heavy atom. The topological polar surface area (TPSA) is 178 Å². The van der Waals surface area contributed by atoms with E-state index in [0.717, 1.165) is 30.3 Å². The molecular weight excluding hydrogens is 596 g/mol. The van der Waals surface area contributed by atoms with Gasteiger partial charge in [0.15, 0.2) is 0 Å². The number of tetrazole rings is 1. The molecule has 43 heavy (non-hydrogen) atoms. The Kier molecular flexibility index (Phi) is 7.43. The molecule has 0 bridgehead atoms. The number of carbonyl (C=O) groups is 1. The molecule has 3 aromatic carbocycles. The molecule has 1 amide bonds. The Bertz CT molecular complexity index is 1860. The van der Waals surface area contributed by atoms with E-state index in [0.29, 0.717) is 16.8 Å². The molecule has 1 atom stereocenters. The lowest BCUT2D eigenvalue weighted by Crippen LogP contribution is -2.47. The highest BCUT2D eigenvalue weighted by Crippen LogP contribution is 2.37. The fourth-order valence-corrected chi connectivity index (χ4v) is 5.36. The van der Waals surface area contributed by atoms with Crippen molar-refractivity contribution in [2.75, 3.05) is 5.32 Å². The van der Waals surface area contributed by atoms with Crippen molar-refractivity contribution in [2.45, 2.75) is 29.0 Å². The molecule has 222 valence electrons. The van der Waals surface area contributed by atoms with Crippen molar-refractivity contribution in [3.05, 3.63) is 90.0 Å². The molecule has 17 heteroatoms. The number of nitrogen functional groups attached to an aromatic ring is 1. The molecule has 0 fully saturated rings. The van der Waals surface area contributed by atoms with Gasteiger partial charge in [-0.05, 0) is 40.3 Å². The number of amides is 1. The van der Waals surface area contributed by atoms with Crippen LogP contribution in [0.3, 0.4) is 0 Å². The zero-order valence-corrected chi connectivity index (χ0v) is 22.5. The van der Waals surface area contributed by atoms with Crippen molar-refractivity contribution in [3.63, 3.8) is 0 Å². The minimum atomic E-state index is -5.74. The van der Waals surface area contributed by atoms with Gasteiger partial charge in [0, 0.05) is 23.1 Å². The van der Waals surface area contributed by atoms with Crippen LogP contribution in [0.2, 0.25) is 0 Å². The summed E-state index contributed by atoms with van der Waals surface area (Å²) in [7, 11) is -5.74. The summed E-state index contributed by atoms with van der Waals surface area (Å²) in [6.45, 7) is -0.242. The van der Waals surface area contributed by atoms with E-state index in [9.17, 15) is 26.4 Å². The number of nitrogens with two attached hydrogens (primary N) is 1. The number of hydrogen-bond acceptors (Lipinski definition) is 9. The first-order valence-electron chi connectivity index (χ1n) is 12.2. The highest BCUT2D eigenvalue weighted by atomic mass is 32.2. The molecule has 1 aliphatic heterocycles. The summed E-state index contributed by atoms with van der Waals surface area (Å²) in [5.74, 6) is -2.09. The first-order chi connectivity index (χ1) is 20.3. The zero-order valence-electron chi connectivity index (χ0n) is 21.7. The SMILES string of the molecule is N=C(N)c1cccc(C2=NOC(Cn3cnnn3)(C(=O)Nc3ccc(-c4ccccc4S(=O)(=O)C(F)(F)F)cc3F)C2)c1. The predicted octanol–water partition coefficient (Wildman–Crippen LogP) is 3.26. The maximum Gasteiger partial charge on any atom is 0.501 e. The Balaban J connectivity index is 1.44. The first-order valence-corrected chi connectivity index (χ1v) is 13.7. The van der Waals surface area contributed by atoms with Gasteiger partial charge in [-0.1, -0.05) is 47.6 Å². The van der Waals surface area contributed by atoms with Gasteiger partial charge in [0.25, 0.3) is 15.7 Å². The Morgan fingerprint density at radius 2 is 1.86 bits per heavy atom. The van der Waals surface area contributed by atoms with Gasteiger partial charge in [-0.25, -0.2) is 17.5 Å². The van der Waals surface area contributed by atoms with Gasteiger partial charge in [0.1, 0.15) is 18.0 Å². The second-order valence-electron chi connectivity index (χ2n) is 9.40. The average molecular weight is 617 g/mol. The van der Waals surface area contributed by atoms with Gasteiger partial charge in [-0.15, -0.1) is 5.10 Å². The lowest BCUT2D eigenvalue weighted by molar-refractivity contribution is -0.140. The molecule has 1 aromatic heterocycles. The van der Waals surface area contributed by atoms with Crippen molar-refractivity contribution in [1.29, 1.82) is 5.41 Å². The van der Waals surface area contributed by atoms with Crippen LogP contribution in [0.4, 0.5) is 23.2 Å². The van der Waals surface area contributed by atoms with E-state index < -0.39 is 37.6 Å². The van der Waals surface area contributed by atoms with E-state index >= 15 is 4.39 Å². The fraction of sp³-hybridized carbons (Fsp3) is 0.154. The van der Waals surface area contributed by atoms with Crippen LogP contribution in [-0.4, -0.2) is 57.2 Å². The van der Waals surface area contributed by atoms with Gasteiger partial charge >= 0.3 is 5.51 Å². The number of carbonyl (C=O) groups excluding carboxylic acids is 1. The number of aromatic nitrogens is 4. The molecule has 2 heterocycles. The Hall–Kier alpha value is -5.19. The van der Waals surface area contributed by atoms with E-state index in [1.54, 1.807) is 24.3 Å². The number of alkyl halides is 3. The monoisotopic (exact) mass is 616 g/mol. The second-order valence-corrected chi connectivity index (χ2v) is 11.3. The second kappa shape index (κ2) is 10.9. The smallest absolute Gasteiger partial charge is 0.384 e. The highest BCUT2D eigenvalue weighted by molar-refractivity contribution is 7.92. The van der Waals surface area contributed by atoms with Crippen LogP contribution in [0.15, 0.2) is 83.1 Å². The number of halogens is 4. The van der Waals surface area contributed by atoms with Gasteiger partial charge in [-0.3, -0.25) is 10.2 Å². The molecule has 5 rings (SSSR count). The lowest BCUT2D eigenvalue weighted by atomic mass is 9.92. The number of benzene rings is 3. The summed E-state index contributed by atoms with van der Waals surface area (Å²) in [5, 5.41) is 25.0.